The Morgan fingerprint density at radius 2 is 1.71 bits per heavy atom. The van der Waals surface area contributed by atoms with Gasteiger partial charge in [-0.1, -0.05) is 30.8 Å². The highest BCUT2D eigenvalue weighted by atomic mass is 32.2. The highest BCUT2D eigenvalue weighted by Crippen LogP contribution is 2.35. The van der Waals surface area contributed by atoms with Gasteiger partial charge in [0.25, 0.3) is 5.91 Å². The quantitative estimate of drug-likeness (QED) is 0.213. The van der Waals surface area contributed by atoms with Gasteiger partial charge in [-0.2, -0.15) is 0 Å². The normalized spacial score (nSPS) is 11.7. The molecule has 0 fully saturated rings. The van der Waals surface area contributed by atoms with Crippen LogP contribution in [0.5, 0.6) is 0 Å². The van der Waals surface area contributed by atoms with Crippen molar-refractivity contribution >= 4 is 62.3 Å². The minimum Gasteiger partial charge on any atom is -0.325 e. The number of thioether (sulfide) groups is 1. The minimum absolute atomic E-state index is 0.0270. The molecule has 0 aliphatic rings. The molecule has 2 amide bonds. The van der Waals surface area contributed by atoms with Crippen molar-refractivity contribution in [2.24, 2.45) is 0 Å². The topological polar surface area (TPSA) is 88.2 Å². The van der Waals surface area contributed by atoms with Crippen LogP contribution in [0.1, 0.15) is 41.0 Å². The van der Waals surface area contributed by atoms with Crippen molar-refractivity contribution in [3.8, 4) is 0 Å². The Kier molecular flexibility index (Phi) is 7.57. The Morgan fingerprint density at radius 3 is 2.40 bits per heavy atom. The zero-order valence-corrected chi connectivity index (χ0v) is 20.6. The predicted molar refractivity (Wildman–Crippen MR) is 139 cm³/mol. The number of rotatable bonds is 8. The van der Waals surface area contributed by atoms with E-state index in [4.69, 9.17) is 0 Å². The molecule has 4 aromatic rings. The number of ketones is 1. The van der Waals surface area contributed by atoms with Gasteiger partial charge in [-0.3, -0.25) is 14.4 Å². The van der Waals surface area contributed by atoms with Gasteiger partial charge in [0.15, 0.2) is 10.1 Å². The number of anilines is 2. The van der Waals surface area contributed by atoms with Crippen LogP contribution in [0.25, 0.3) is 10.2 Å². The number of carbonyl (C=O) groups is 3. The second-order valence-corrected chi connectivity index (χ2v) is 10.2. The van der Waals surface area contributed by atoms with Crippen molar-refractivity contribution in [1.82, 2.24) is 4.98 Å². The SMILES string of the molecule is CCC(Sc1nc2ccc(NC(=O)c3ccccc3F)cc2s1)C(=O)Nc1ccc(C(C)=O)cc1. The first kappa shape index (κ1) is 24.6. The maximum atomic E-state index is 13.9. The van der Waals surface area contributed by atoms with E-state index in [0.29, 0.717) is 23.4 Å². The molecule has 0 spiro atoms. The van der Waals surface area contributed by atoms with Gasteiger partial charge >= 0.3 is 0 Å². The van der Waals surface area contributed by atoms with E-state index in [1.165, 1.54) is 48.2 Å². The summed E-state index contributed by atoms with van der Waals surface area (Å²) >= 11 is 2.79. The molecule has 2 N–H and O–H groups in total. The van der Waals surface area contributed by atoms with Gasteiger partial charge in [0.05, 0.1) is 21.0 Å². The lowest BCUT2D eigenvalue weighted by Crippen LogP contribution is -2.24. The van der Waals surface area contributed by atoms with Crippen LogP contribution in [0.3, 0.4) is 0 Å². The monoisotopic (exact) mass is 507 g/mol. The van der Waals surface area contributed by atoms with Crippen molar-refractivity contribution in [3.63, 3.8) is 0 Å². The number of benzene rings is 3. The van der Waals surface area contributed by atoms with Gasteiger partial charge in [-0.05, 0) is 67.9 Å². The lowest BCUT2D eigenvalue weighted by Gasteiger charge is -2.13. The van der Waals surface area contributed by atoms with E-state index < -0.39 is 11.7 Å². The van der Waals surface area contributed by atoms with Crippen LogP contribution in [0.15, 0.2) is 71.1 Å². The van der Waals surface area contributed by atoms with Gasteiger partial charge in [0, 0.05) is 16.9 Å². The summed E-state index contributed by atoms with van der Waals surface area (Å²) in [4.78, 5) is 41.3. The largest absolute Gasteiger partial charge is 0.325 e. The second-order valence-electron chi connectivity index (χ2n) is 7.73. The van der Waals surface area contributed by atoms with Crippen LogP contribution in [-0.4, -0.2) is 27.8 Å². The summed E-state index contributed by atoms with van der Waals surface area (Å²) in [6, 6.07) is 17.9. The Balaban J connectivity index is 1.44. The third-order valence-corrected chi connectivity index (χ3v) is 7.69. The zero-order chi connectivity index (χ0) is 24.9. The summed E-state index contributed by atoms with van der Waals surface area (Å²) in [6.45, 7) is 3.43. The first-order valence-electron chi connectivity index (χ1n) is 10.9. The Labute approximate surface area is 210 Å². The van der Waals surface area contributed by atoms with Crippen LogP contribution in [0, 0.1) is 5.82 Å². The Bertz CT molecular complexity index is 1400. The van der Waals surface area contributed by atoms with E-state index in [-0.39, 0.29) is 22.5 Å². The van der Waals surface area contributed by atoms with Crippen molar-refractivity contribution in [2.45, 2.75) is 29.9 Å². The van der Waals surface area contributed by atoms with E-state index >= 15 is 0 Å². The molecule has 0 saturated carbocycles. The van der Waals surface area contributed by atoms with Crippen molar-refractivity contribution in [2.75, 3.05) is 10.6 Å². The first-order chi connectivity index (χ1) is 16.8. The number of hydrogen-bond donors (Lipinski definition) is 2. The number of amides is 2. The molecular formula is C26H22FN3O3S2. The molecule has 0 aliphatic heterocycles. The summed E-state index contributed by atoms with van der Waals surface area (Å²) in [5, 5.41) is 5.25. The molecule has 9 heteroatoms. The van der Waals surface area contributed by atoms with Crippen LogP contribution >= 0.6 is 23.1 Å². The lowest BCUT2D eigenvalue weighted by molar-refractivity contribution is -0.115. The van der Waals surface area contributed by atoms with E-state index in [2.05, 4.69) is 15.6 Å². The van der Waals surface area contributed by atoms with Crippen molar-refractivity contribution < 1.29 is 18.8 Å². The fraction of sp³-hybridized carbons (Fsp3) is 0.154. The molecule has 35 heavy (non-hydrogen) atoms. The molecular weight excluding hydrogens is 485 g/mol. The summed E-state index contributed by atoms with van der Waals surface area (Å²) in [5.74, 6) is -1.29. The molecule has 0 bridgehead atoms. The molecule has 1 aromatic heterocycles. The summed E-state index contributed by atoms with van der Waals surface area (Å²) < 4.78 is 15.5. The van der Waals surface area contributed by atoms with Crippen molar-refractivity contribution in [3.05, 3.63) is 83.7 Å². The average molecular weight is 508 g/mol. The van der Waals surface area contributed by atoms with Crippen molar-refractivity contribution in [1.29, 1.82) is 0 Å². The smallest absolute Gasteiger partial charge is 0.258 e. The van der Waals surface area contributed by atoms with E-state index in [1.54, 1.807) is 48.5 Å². The fourth-order valence-electron chi connectivity index (χ4n) is 3.33. The molecule has 1 heterocycles. The highest BCUT2D eigenvalue weighted by Gasteiger charge is 2.20. The summed E-state index contributed by atoms with van der Waals surface area (Å²) in [5.41, 5.74) is 2.46. The van der Waals surface area contributed by atoms with E-state index in [9.17, 15) is 18.8 Å². The standard InChI is InChI=1S/C26H22FN3O3S2/c1-3-22(25(33)28-17-10-8-16(9-11-17)15(2)31)34-26-30-21-13-12-18(14-23(21)35-26)29-24(32)19-6-4-5-7-20(19)27/h4-14,22H,3H2,1-2H3,(H,28,33)(H,29,32). The number of hydrogen-bond acceptors (Lipinski definition) is 6. The minimum atomic E-state index is -0.582. The molecule has 178 valence electrons. The average Bonchev–Trinajstić information content (AvgIpc) is 3.24. The van der Waals surface area contributed by atoms with Gasteiger partial charge in [-0.15, -0.1) is 11.3 Å². The molecule has 0 saturated heterocycles. The Hall–Kier alpha value is -3.56. The van der Waals surface area contributed by atoms with Gasteiger partial charge in [-0.25, -0.2) is 9.37 Å². The number of aromatic nitrogens is 1. The van der Waals surface area contributed by atoms with E-state index in [0.717, 1.165) is 14.6 Å². The zero-order valence-electron chi connectivity index (χ0n) is 19.0. The maximum Gasteiger partial charge on any atom is 0.258 e. The predicted octanol–water partition coefficient (Wildman–Crippen LogP) is 6.40. The molecule has 3 aromatic carbocycles. The molecule has 4 rings (SSSR count). The first-order valence-corrected chi connectivity index (χ1v) is 12.6. The number of thiazole rings is 1. The molecule has 1 unspecified atom stereocenters. The van der Waals surface area contributed by atoms with Gasteiger partial charge < -0.3 is 10.6 Å². The van der Waals surface area contributed by atoms with Gasteiger partial charge in [0.2, 0.25) is 5.91 Å². The summed E-state index contributed by atoms with van der Waals surface area (Å²) in [6.07, 6.45) is 0.599. The number of nitrogens with zero attached hydrogens (tertiary/aromatic N) is 1. The summed E-state index contributed by atoms with van der Waals surface area (Å²) in [7, 11) is 0. The number of halogens is 1. The number of carbonyl (C=O) groups excluding carboxylic acids is 3. The second kappa shape index (κ2) is 10.8. The number of fused-ring (bicyclic) bond motifs is 1. The van der Waals surface area contributed by atoms with Gasteiger partial charge in [0.1, 0.15) is 5.82 Å². The third kappa shape index (κ3) is 5.93. The Morgan fingerprint density at radius 1 is 1.00 bits per heavy atom. The number of nitrogens with one attached hydrogen (secondary N) is 2. The van der Waals surface area contributed by atoms with Crippen LogP contribution < -0.4 is 10.6 Å². The molecule has 1 atom stereocenters. The third-order valence-electron chi connectivity index (χ3n) is 5.21. The van der Waals surface area contributed by atoms with E-state index in [1.807, 2.05) is 6.92 Å². The van der Waals surface area contributed by atoms with Crippen LogP contribution in [0.2, 0.25) is 0 Å². The number of Topliss-reactive ketones (excluding diaryl/α,β-unsaturated/α-hetero) is 1. The molecule has 0 radical (unpaired) electrons. The highest BCUT2D eigenvalue weighted by molar-refractivity contribution is 8.02. The van der Waals surface area contributed by atoms with Crippen LogP contribution in [-0.2, 0) is 4.79 Å². The van der Waals surface area contributed by atoms with Crippen LogP contribution in [0.4, 0.5) is 15.8 Å². The fourth-order valence-corrected chi connectivity index (χ4v) is 5.60. The molecule has 6 nitrogen and oxygen atoms in total. The maximum absolute atomic E-state index is 13.9. The lowest BCUT2D eigenvalue weighted by atomic mass is 10.1. The molecule has 0 aliphatic carbocycles.